The summed E-state index contributed by atoms with van der Waals surface area (Å²) in [4.78, 5) is 11.9. The van der Waals surface area contributed by atoms with Gasteiger partial charge in [0.1, 0.15) is 11.9 Å². The Bertz CT molecular complexity index is 461. The van der Waals surface area contributed by atoms with Gasteiger partial charge in [0.2, 0.25) is 5.91 Å². The van der Waals surface area contributed by atoms with Crippen molar-refractivity contribution in [3.63, 3.8) is 0 Å². The molecule has 0 spiro atoms. The molecular formula is C14H17F2NO3. The second kappa shape index (κ2) is 6.65. The van der Waals surface area contributed by atoms with Crippen LogP contribution in [0.25, 0.3) is 0 Å². The van der Waals surface area contributed by atoms with Crippen molar-refractivity contribution < 1.29 is 23.0 Å². The van der Waals surface area contributed by atoms with Crippen molar-refractivity contribution in [2.75, 3.05) is 6.61 Å². The second-order valence-corrected chi connectivity index (χ2v) is 4.68. The fourth-order valence-electron chi connectivity index (χ4n) is 2.13. The summed E-state index contributed by atoms with van der Waals surface area (Å²) in [5.41, 5.74) is 0.703. The Hall–Kier alpha value is -1.69. The number of alkyl halides is 2. The summed E-state index contributed by atoms with van der Waals surface area (Å²) in [7, 11) is 0. The van der Waals surface area contributed by atoms with E-state index in [9.17, 15) is 13.6 Å². The van der Waals surface area contributed by atoms with Crippen molar-refractivity contribution in [3.8, 4) is 5.75 Å². The highest BCUT2D eigenvalue weighted by Gasteiger charge is 2.24. The molecule has 0 aliphatic carbocycles. The van der Waals surface area contributed by atoms with Crippen molar-refractivity contribution in [1.29, 1.82) is 0 Å². The first-order valence-electron chi connectivity index (χ1n) is 6.53. The molecule has 1 aromatic carbocycles. The zero-order valence-electron chi connectivity index (χ0n) is 11.1. The molecule has 1 N–H and O–H groups in total. The van der Waals surface area contributed by atoms with Gasteiger partial charge in [0.25, 0.3) is 0 Å². The summed E-state index contributed by atoms with van der Waals surface area (Å²) in [6.45, 7) is -0.472. The lowest BCUT2D eigenvalue weighted by Gasteiger charge is -2.17. The zero-order chi connectivity index (χ0) is 14.5. The third-order valence-corrected chi connectivity index (χ3v) is 3.16. The van der Waals surface area contributed by atoms with Crippen LogP contribution in [-0.4, -0.2) is 25.2 Å². The van der Waals surface area contributed by atoms with E-state index in [-0.39, 0.29) is 17.7 Å². The minimum atomic E-state index is -2.86. The van der Waals surface area contributed by atoms with Crippen molar-refractivity contribution in [2.24, 2.45) is 0 Å². The summed E-state index contributed by atoms with van der Waals surface area (Å²) in [6, 6.07) is 6.00. The van der Waals surface area contributed by atoms with Crippen LogP contribution in [0.2, 0.25) is 0 Å². The Balaban J connectivity index is 1.97. The first kappa shape index (κ1) is 14.7. The number of hydrogen-bond donors (Lipinski definition) is 1. The van der Waals surface area contributed by atoms with Crippen molar-refractivity contribution in [2.45, 2.75) is 38.5 Å². The van der Waals surface area contributed by atoms with Gasteiger partial charge in [-0.1, -0.05) is 12.1 Å². The average molecular weight is 285 g/mol. The Morgan fingerprint density at radius 3 is 2.95 bits per heavy atom. The van der Waals surface area contributed by atoms with E-state index in [1.54, 1.807) is 19.1 Å². The van der Waals surface area contributed by atoms with Gasteiger partial charge in [0.15, 0.2) is 0 Å². The normalized spacial score (nSPS) is 19.9. The molecule has 1 aliphatic rings. The number of rotatable bonds is 5. The van der Waals surface area contributed by atoms with Crippen molar-refractivity contribution >= 4 is 5.91 Å². The number of ether oxygens (including phenoxy) is 2. The van der Waals surface area contributed by atoms with Crippen LogP contribution >= 0.6 is 0 Å². The molecule has 2 atom stereocenters. The van der Waals surface area contributed by atoms with Gasteiger partial charge in [-0.3, -0.25) is 4.79 Å². The molecular weight excluding hydrogens is 268 g/mol. The van der Waals surface area contributed by atoms with Gasteiger partial charge in [0, 0.05) is 6.61 Å². The van der Waals surface area contributed by atoms with Gasteiger partial charge in [-0.15, -0.1) is 0 Å². The number of amides is 1. The van der Waals surface area contributed by atoms with Gasteiger partial charge in [-0.2, -0.15) is 8.78 Å². The molecule has 1 saturated heterocycles. The fourth-order valence-corrected chi connectivity index (χ4v) is 2.13. The molecule has 110 valence electrons. The van der Waals surface area contributed by atoms with E-state index < -0.39 is 12.7 Å². The van der Waals surface area contributed by atoms with Crippen LogP contribution in [0.3, 0.4) is 0 Å². The molecule has 0 unspecified atom stereocenters. The van der Waals surface area contributed by atoms with E-state index in [1.165, 1.54) is 12.1 Å². The molecule has 0 aromatic heterocycles. The lowest BCUT2D eigenvalue weighted by Crippen LogP contribution is -2.35. The summed E-state index contributed by atoms with van der Waals surface area (Å²) in [6.07, 6.45) is 1.19. The first-order chi connectivity index (χ1) is 9.56. The molecule has 0 bridgehead atoms. The van der Waals surface area contributed by atoms with Crippen LogP contribution < -0.4 is 10.1 Å². The highest BCUT2D eigenvalue weighted by molar-refractivity contribution is 5.81. The lowest BCUT2D eigenvalue weighted by atomic mass is 10.1. The van der Waals surface area contributed by atoms with Crippen LogP contribution in [0.15, 0.2) is 24.3 Å². The predicted octanol–water partition coefficient (Wildman–Crippen LogP) is 2.64. The minimum absolute atomic E-state index is 0.0794. The molecule has 1 fully saturated rings. The molecule has 0 radical (unpaired) electrons. The van der Waals surface area contributed by atoms with Crippen LogP contribution in [0, 0.1) is 0 Å². The lowest BCUT2D eigenvalue weighted by molar-refractivity contribution is -0.130. The maximum absolute atomic E-state index is 12.2. The molecule has 1 aromatic rings. The SMILES string of the molecule is C[C@@H](NC(=O)[C@@H]1CCCO1)c1cccc(OC(F)F)c1. The number of carbonyl (C=O) groups excluding carboxylic acids is 1. The van der Waals surface area contributed by atoms with Gasteiger partial charge >= 0.3 is 6.61 Å². The van der Waals surface area contributed by atoms with Crippen LogP contribution in [0.4, 0.5) is 8.78 Å². The average Bonchev–Trinajstić information content (AvgIpc) is 2.92. The molecule has 1 aliphatic heterocycles. The number of halogens is 2. The Kier molecular flexibility index (Phi) is 4.89. The molecule has 0 saturated carbocycles. The van der Waals surface area contributed by atoms with Crippen LogP contribution in [-0.2, 0) is 9.53 Å². The van der Waals surface area contributed by atoms with E-state index in [2.05, 4.69) is 10.1 Å². The summed E-state index contributed by atoms with van der Waals surface area (Å²) < 4.78 is 33.9. The number of nitrogens with one attached hydrogen (secondary N) is 1. The molecule has 4 nitrogen and oxygen atoms in total. The van der Waals surface area contributed by atoms with E-state index in [1.807, 2.05) is 0 Å². The molecule has 6 heteroatoms. The maximum Gasteiger partial charge on any atom is 0.387 e. The maximum atomic E-state index is 12.2. The quantitative estimate of drug-likeness (QED) is 0.904. The largest absolute Gasteiger partial charge is 0.435 e. The summed E-state index contributed by atoms with van der Waals surface area (Å²) in [5.74, 6) is -0.0918. The highest BCUT2D eigenvalue weighted by atomic mass is 19.3. The fraction of sp³-hybridized carbons (Fsp3) is 0.500. The van der Waals surface area contributed by atoms with Gasteiger partial charge in [0.05, 0.1) is 6.04 Å². The van der Waals surface area contributed by atoms with Crippen LogP contribution in [0.1, 0.15) is 31.4 Å². The Morgan fingerprint density at radius 1 is 1.50 bits per heavy atom. The number of carbonyl (C=O) groups is 1. The van der Waals surface area contributed by atoms with Gasteiger partial charge in [-0.25, -0.2) is 0 Å². The molecule has 2 rings (SSSR count). The molecule has 1 amide bonds. The van der Waals surface area contributed by atoms with Crippen LogP contribution in [0.5, 0.6) is 5.75 Å². The standard InChI is InChI=1S/C14H17F2NO3/c1-9(17-13(18)12-6-3-7-19-12)10-4-2-5-11(8-10)20-14(15)16/h2,4-5,8-9,12,14H,3,6-7H2,1H3,(H,17,18)/t9-,12+/m1/s1. The summed E-state index contributed by atoms with van der Waals surface area (Å²) >= 11 is 0. The van der Waals surface area contributed by atoms with Gasteiger partial charge in [-0.05, 0) is 37.5 Å². The van der Waals surface area contributed by atoms with E-state index in [0.717, 1.165) is 6.42 Å². The first-order valence-corrected chi connectivity index (χ1v) is 6.53. The topological polar surface area (TPSA) is 47.6 Å². The summed E-state index contributed by atoms with van der Waals surface area (Å²) in [5, 5.41) is 2.81. The van der Waals surface area contributed by atoms with Crippen molar-refractivity contribution in [3.05, 3.63) is 29.8 Å². The van der Waals surface area contributed by atoms with Crippen molar-refractivity contribution in [1.82, 2.24) is 5.32 Å². The third kappa shape index (κ3) is 3.90. The molecule has 1 heterocycles. The monoisotopic (exact) mass is 285 g/mol. The van der Waals surface area contributed by atoms with E-state index in [0.29, 0.717) is 18.6 Å². The number of hydrogen-bond acceptors (Lipinski definition) is 3. The third-order valence-electron chi connectivity index (χ3n) is 3.16. The number of benzene rings is 1. The van der Waals surface area contributed by atoms with Gasteiger partial charge < -0.3 is 14.8 Å². The van der Waals surface area contributed by atoms with E-state index >= 15 is 0 Å². The highest BCUT2D eigenvalue weighted by Crippen LogP contribution is 2.21. The van der Waals surface area contributed by atoms with E-state index in [4.69, 9.17) is 4.74 Å². The smallest absolute Gasteiger partial charge is 0.387 e. The minimum Gasteiger partial charge on any atom is -0.435 e. The molecule has 20 heavy (non-hydrogen) atoms. The zero-order valence-corrected chi connectivity index (χ0v) is 11.1. The predicted molar refractivity (Wildman–Crippen MR) is 68.6 cm³/mol. The Labute approximate surface area is 116 Å². The second-order valence-electron chi connectivity index (χ2n) is 4.68. The Morgan fingerprint density at radius 2 is 2.30 bits per heavy atom.